The lowest BCUT2D eigenvalue weighted by atomic mass is 10.0. The number of carbonyl (C=O) groups is 2. The summed E-state index contributed by atoms with van der Waals surface area (Å²) in [5.41, 5.74) is -0.289. The zero-order valence-corrected chi connectivity index (χ0v) is 11.8. The van der Waals surface area contributed by atoms with E-state index in [1.165, 1.54) is 6.07 Å². The molecule has 2 aliphatic rings. The minimum Gasteiger partial charge on any atom is -0.355 e. The minimum atomic E-state index is -0.863. The maximum absolute atomic E-state index is 13.5. The molecular formula is C16H19FN2O2. The van der Waals surface area contributed by atoms with Crippen molar-refractivity contribution in [3.63, 3.8) is 0 Å². The molecule has 2 N–H and O–H groups in total. The fraction of sp³-hybridized carbons (Fsp3) is 0.500. The molecule has 0 spiro atoms. The van der Waals surface area contributed by atoms with Gasteiger partial charge in [-0.15, -0.1) is 0 Å². The predicted octanol–water partition coefficient (Wildman–Crippen LogP) is 1.54. The molecule has 2 amide bonds. The molecule has 2 aliphatic carbocycles. The Hall–Kier alpha value is -1.91. The molecule has 0 saturated heterocycles. The van der Waals surface area contributed by atoms with E-state index < -0.39 is 5.41 Å². The summed E-state index contributed by atoms with van der Waals surface area (Å²) >= 11 is 0. The average molecular weight is 290 g/mol. The van der Waals surface area contributed by atoms with Crippen LogP contribution in [0.3, 0.4) is 0 Å². The molecule has 2 saturated carbocycles. The lowest BCUT2D eigenvalue weighted by Crippen LogP contribution is -2.44. The Morgan fingerprint density at radius 2 is 1.90 bits per heavy atom. The van der Waals surface area contributed by atoms with Gasteiger partial charge in [-0.3, -0.25) is 9.59 Å². The van der Waals surface area contributed by atoms with Gasteiger partial charge >= 0.3 is 0 Å². The van der Waals surface area contributed by atoms with Crippen LogP contribution in [0.1, 0.15) is 31.2 Å². The summed E-state index contributed by atoms with van der Waals surface area (Å²) in [6.07, 6.45) is 3.67. The highest BCUT2D eigenvalue weighted by Gasteiger charge is 2.57. The molecule has 0 radical (unpaired) electrons. The lowest BCUT2D eigenvalue weighted by Gasteiger charge is -2.15. The highest BCUT2D eigenvalue weighted by Crippen LogP contribution is 2.46. The second-order valence-corrected chi connectivity index (χ2v) is 5.93. The third kappa shape index (κ3) is 3.06. The first kappa shape index (κ1) is 14.0. The number of halogens is 1. The van der Waals surface area contributed by atoms with E-state index >= 15 is 0 Å². The third-order valence-corrected chi connectivity index (χ3v) is 4.17. The van der Waals surface area contributed by atoms with Crippen LogP contribution in [-0.4, -0.2) is 24.4 Å². The lowest BCUT2D eigenvalue weighted by molar-refractivity contribution is -0.137. The van der Waals surface area contributed by atoms with E-state index in [-0.39, 0.29) is 23.7 Å². The Morgan fingerprint density at radius 3 is 2.52 bits per heavy atom. The van der Waals surface area contributed by atoms with E-state index in [2.05, 4.69) is 10.6 Å². The zero-order chi connectivity index (χ0) is 14.9. The maximum atomic E-state index is 13.5. The van der Waals surface area contributed by atoms with E-state index in [0.717, 1.165) is 12.8 Å². The van der Waals surface area contributed by atoms with Crippen molar-refractivity contribution in [2.24, 2.45) is 5.41 Å². The molecule has 3 rings (SSSR count). The molecule has 0 heterocycles. The van der Waals surface area contributed by atoms with Crippen LogP contribution in [0.5, 0.6) is 0 Å². The quantitative estimate of drug-likeness (QED) is 0.781. The topological polar surface area (TPSA) is 58.2 Å². The first-order chi connectivity index (χ1) is 10.1. The van der Waals surface area contributed by atoms with E-state index in [0.29, 0.717) is 31.4 Å². The summed E-state index contributed by atoms with van der Waals surface area (Å²) in [6.45, 7) is 0.345. The highest BCUT2D eigenvalue weighted by molar-refractivity contribution is 6.08. The van der Waals surface area contributed by atoms with Gasteiger partial charge in [0.05, 0.1) is 0 Å². The molecular weight excluding hydrogens is 271 g/mol. The molecule has 0 bridgehead atoms. The molecule has 0 aliphatic heterocycles. The van der Waals surface area contributed by atoms with Crippen LogP contribution in [0, 0.1) is 11.2 Å². The molecule has 1 aromatic carbocycles. The molecule has 4 nitrogen and oxygen atoms in total. The largest absolute Gasteiger partial charge is 0.355 e. The summed E-state index contributed by atoms with van der Waals surface area (Å²) in [7, 11) is 0. The van der Waals surface area contributed by atoms with Crippen molar-refractivity contribution >= 4 is 11.8 Å². The smallest absolute Gasteiger partial charge is 0.235 e. The zero-order valence-electron chi connectivity index (χ0n) is 11.8. The van der Waals surface area contributed by atoms with Gasteiger partial charge in [0.2, 0.25) is 11.8 Å². The third-order valence-electron chi connectivity index (χ3n) is 4.17. The van der Waals surface area contributed by atoms with Crippen LogP contribution < -0.4 is 10.6 Å². The van der Waals surface area contributed by atoms with E-state index in [9.17, 15) is 14.0 Å². The molecule has 112 valence electrons. The second-order valence-electron chi connectivity index (χ2n) is 5.93. The van der Waals surface area contributed by atoms with Crippen molar-refractivity contribution in [1.82, 2.24) is 10.6 Å². The standard InChI is InChI=1S/C16H19FN2O2/c17-13-4-2-1-3-11(13)7-10-18-14(20)16(8-9-16)15(21)19-12-5-6-12/h1-4,12H,5-10H2,(H,18,20)(H,19,21). The summed E-state index contributed by atoms with van der Waals surface area (Å²) in [4.78, 5) is 24.3. The Morgan fingerprint density at radius 1 is 1.19 bits per heavy atom. The van der Waals surface area contributed by atoms with Crippen molar-refractivity contribution in [2.75, 3.05) is 6.54 Å². The predicted molar refractivity (Wildman–Crippen MR) is 75.9 cm³/mol. The van der Waals surface area contributed by atoms with Crippen LogP contribution in [0.25, 0.3) is 0 Å². The summed E-state index contributed by atoms with van der Waals surface area (Å²) in [6, 6.07) is 6.78. The molecule has 2 fully saturated rings. The van der Waals surface area contributed by atoms with Crippen molar-refractivity contribution in [1.29, 1.82) is 0 Å². The number of rotatable bonds is 6. The Balaban J connectivity index is 1.50. The minimum absolute atomic E-state index is 0.145. The average Bonchev–Trinajstić information content (AvgIpc) is 3.35. The Labute approximate surface area is 123 Å². The van der Waals surface area contributed by atoms with E-state index in [1.807, 2.05) is 0 Å². The van der Waals surface area contributed by atoms with Gasteiger partial charge in [0, 0.05) is 12.6 Å². The van der Waals surface area contributed by atoms with Crippen LogP contribution in [0.15, 0.2) is 24.3 Å². The van der Waals surface area contributed by atoms with Crippen molar-refractivity contribution in [2.45, 2.75) is 38.1 Å². The monoisotopic (exact) mass is 290 g/mol. The SMILES string of the molecule is O=C(NCCc1ccccc1F)C1(C(=O)NC2CC2)CC1. The fourth-order valence-corrected chi connectivity index (χ4v) is 2.41. The second kappa shape index (κ2) is 5.47. The molecule has 0 aromatic heterocycles. The van der Waals surface area contributed by atoms with Gasteiger partial charge in [0.1, 0.15) is 11.2 Å². The number of hydrogen-bond donors (Lipinski definition) is 2. The number of benzene rings is 1. The van der Waals surface area contributed by atoms with Crippen molar-refractivity contribution < 1.29 is 14.0 Å². The molecule has 0 unspecified atom stereocenters. The Kier molecular flexibility index (Phi) is 3.66. The first-order valence-electron chi connectivity index (χ1n) is 7.44. The molecule has 21 heavy (non-hydrogen) atoms. The normalized spacial score (nSPS) is 18.9. The summed E-state index contributed by atoms with van der Waals surface area (Å²) in [5.74, 6) is -0.634. The first-order valence-corrected chi connectivity index (χ1v) is 7.44. The van der Waals surface area contributed by atoms with Gasteiger partial charge in [-0.2, -0.15) is 0 Å². The van der Waals surface area contributed by atoms with Crippen molar-refractivity contribution in [3.05, 3.63) is 35.6 Å². The van der Waals surface area contributed by atoms with E-state index in [1.54, 1.807) is 18.2 Å². The summed E-state index contributed by atoms with van der Waals surface area (Å²) in [5, 5.41) is 5.66. The summed E-state index contributed by atoms with van der Waals surface area (Å²) < 4.78 is 13.5. The fourth-order valence-electron chi connectivity index (χ4n) is 2.41. The van der Waals surface area contributed by atoms with Gasteiger partial charge < -0.3 is 10.6 Å². The number of carbonyl (C=O) groups excluding carboxylic acids is 2. The van der Waals surface area contributed by atoms with Gasteiger partial charge in [0.15, 0.2) is 0 Å². The highest BCUT2D eigenvalue weighted by atomic mass is 19.1. The van der Waals surface area contributed by atoms with Gasteiger partial charge in [-0.25, -0.2) is 4.39 Å². The van der Waals surface area contributed by atoms with Crippen LogP contribution >= 0.6 is 0 Å². The number of nitrogens with one attached hydrogen (secondary N) is 2. The number of amides is 2. The number of hydrogen-bond acceptors (Lipinski definition) is 2. The van der Waals surface area contributed by atoms with E-state index in [4.69, 9.17) is 0 Å². The molecule has 1 aromatic rings. The van der Waals surface area contributed by atoms with Crippen LogP contribution in [0.4, 0.5) is 4.39 Å². The Bertz CT molecular complexity index is 565. The van der Waals surface area contributed by atoms with Crippen LogP contribution in [-0.2, 0) is 16.0 Å². The van der Waals surface area contributed by atoms with Gasteiger partial charge in [-0.1, -0.05) is 18.2 Å². The molecule has 5 heteroatoms. The van der Waals surface area contributed by atoms with Crippen molar-refractivity contribution in [3.8, 4) is 0 Å². The van der Waals surface area contributed by atoms with Crippen LogP contribution in [0.2, 0.25) is 0 Å². The maximum Gasteiger partial charge on any atom is 0.235 e. The molecule has 0 atom stereocenters. The van der Waals surface area contributed by atoms with Gasteiger partial charge in [0.25, 0.3) is 0 Å². The van der Waals surface area contributed by atoms with Gasteiger partial charge in [-0.05, 0) is 43.7 Å².